The zero-order valence-electron chi connectivity index (χ0n) is 19.4. The van der Waals surface area contributed by atoms with E-state index in [2.05, 4.69) is 5.32 Å². The van der Waals surface area contributed by atoms with E-state index >= 15 is 0 Å². The SMILES string of the molecule is COc1ccc(S(=O)(=O)N2CCCC(C(=O)NC(CN3CCCC3=O)c3ccccc3)C2)cc1. The molecule has 0 aromatic heterocycles. The Kier molecular flexibility index (Phi) is 7.53. The van der Waals surface area contributed by atoms with Gasteiger partial charge in [0.05, 0.1) is 24.0 Å². The van der Waals surface area contributed by atoms with Crippen LogP contribution in [-0.2, 0) is 19.6 Å². The number of ether oxygens (including phenoxy) is 1. The number of methoxy groups -OCH3 is 1. The van der Waals surface area contributed by atoms with Gasteiger partial charge in [-0.15, -0.1) is 0 Å². The number of nitrogens with zero attached hydrogens (tertiary/aromatic N) is 2. The van der Waals surface area contributed by atoms with Gasteiger partial charge in [0, 0.05) is 32.6 Å². The molecule has 4 rings (SSSR count). The summed E-state index contributed by atoms with van der Waals surface area (Å²) >= 11 is 0. The van der Waals surface area contributed by atoms with E-state index in [0.717, 1.165) is 12.0 Å². The van der Waals surface area contributed by atoms with Gasteiger partial charge in [0.1, 0.15) is 5.75 Å². The first kappa shape index (κ1) is 24.2. The fourth-order valence-electron chi connectivity index (χ4n) is 4.60. The van der Waals surface area contributed by atoms with Crippen LogP contribution < -0.4 is 10.1 Å². The van der Waals surface area contributed by atoms with Crippen molar-refractivity contribution in [2.45, 2.75) is 36.6 Å². The van der Waals surface area contributed by atoms with E-state index in [4.69, 9.17) is 4.74 Å². The number of hydrogen-bond acceptors (Lipinski definition) is 5. The molecule has 2 aromatic carbocycles. The molecule has 2 aliphatic rings. The van der Waals surface area contributed by atoms with Crippen molar-refractivity contribution in [1.29, 1.82) is 0 Å². The standard InChI is InChI=1S/C25H31N3O5S/c1-33-21-11-13-22(14-12-21)34(31,32)28-16-5-9-20(17-28)25(30)26-23(19-7-3-2-4-8-19)18-27-15-6-10-24(27)29/h2-4,7-8,11-14,20,23H,5-6,9-10,15-18H2,1H3,(H,26,30). The molecule has 2 unspecified atom stereocenters. The zero-order valence-corrected chi connectivity index (χ0v) is 20.2. The van der Waals surface area contributed by atoms with Crippen LogP contribution in [-0.4, -0.2) is 62.7 Å². The molecule has 9 heteroatoms. The monoisotopic (exact) mass is 485 g/mol. The summed E-state index contributed by atoms with van der Waals surface area (Å²) in [7, 11) is -2.19. The van der Waals surface area contributed by atoms with Crippen LogP contribution in [0.3, 0.4) is 0 Å². The Labute approximate surface area is 200 Å². The lowest BCUT2D eigenvalue weighted by atomic mass is 9.97. The molecular formula is C25H31N3O5S. The molecule has 0 bridgehead atoms. The first-order chi connectivity index (χ1) is 16.4. The van der Waals surface area contributed by atoms with E-state index < -0.39 is 15.9 Å². The topological polar surface area (TPSA) is 96.0 Å². The molecule has 2 heterocycles. The minimum atomic E-state index is -3.72. The van der Waals surface area contributed by atoms with E-state index in [1.54, 1.807) is 17.0 Å². The Bertz CT molecular complexity index is 1110. The van der Waals surface area contributed by atoms with Crippen molar-refractivity contribution in [2.75, 3.05) is 33.3 Å². The number of amides is 2. The van der Waals surface area contributed by atoms with Crippen molar-refractivity contribution >= 4 is 21.8 Å². The summed E-state index contributed by atoms with van der Waals surface area (Å²) in [6.07, 6.45) is 2.59. The quantitative estimate of drug-likeness (QED) is 0.620. The van der Waals surface area contributed by atoms with Gasteiger partial charge in [0.15, 0.2) is 0 Å². The molecule has 2 fully saturated rings. The number of nitrogens with one attached hydrogen (secondary N) is 1. The lowest BCUT2D eigenvalue weighted by Gasteiger charge is -2.33. The number of carbonyl (C=O) groups excluding carboxylic acids is 2. The number of hydrogen-bond donors (Lipinski definition) is 1. The molecule has 2 aromatic rings. The van der Waals surface area contributed by atoms with Gasteiger partial charge >= 0.3 is 0 Å². The summed E-state index contributed by atoms with van der Waals surface area (Å²) in [6.45, 7) is 1.61. The molecule has 2 amide bonds. The minimum Gasteiger partial charge on any atom is -0.497 e. The molecule has 0 aliphatic carbocycles. The molecule has 1 N–H and O–H groups in total. The maximum atomic E-state index is 13.3. The average Bonchev–Trinajstić information content (AvgIpc) is 3.28. The predicted molar refractivity (Wildman–Crippen MR) is 128 cm³/mol. The molecular weight excluding hydrogens is 454 g/mol. The van der Waals surface area contributed by atoms with Crippen molar-refractivity contribution in [3.05, 3.63) is 60.2 Å². The first-order valence-electron chi connectivity index (χ1n) is 11.7. The Balaban J connectivity index is 1.46. The fourth-order valence-corrected chi connectivity index (χ4v) is 6.12. The van der Waals surface area contributed by atoms with E-state index in [1.807, 2.05) is 30.3 Å². The molecule has 2 atom stereocenters. The van der Waals surface area contributed by atoms with Crippen LogP contribution in [0.5, 0.6) is 5.75 Å². The van der Waals surface area contributed by atoms with Crippen molar-refractivity contribution in [1.82, 2.24) is 14.5 Å². The van der Waals surface area contributed by atoms with Crippen LogP contribution in [0.1, 0.15) is 37.3 Å². The molecule has 182 valence electrons. The van der Waals surface area contributed by atoms with Crippen LogP contribution in [0.25, 0.3) is 0 Å². The van der Waals surface area contributed by atoms with Gasteiger partial charge in [0.25, 0.3) is 0 Å². The summed E-state index contributed by atoms with van der Waals surface area (Å²) in [5, 5.41) is 3.11. The molecule has 34 heavy (non-hydrogen) atoms. The number of likely N-dealkylation sites (tertiary alicyclic amines) is 1. The number of piperidine rings is 1. The fraction of sp³-hybridized carbons (Fsp3) is 0.440. The highest BCUT2D eigenvalue weighted by atomic mass is 32.2. The predicted octanol–water partition coefficient (Wildman–Crippen LogP) is 2.58. The Hall–Kier alpha value is -2.91. The van der Waals surface area contributed by atoms with E-state index in [1.165, 1.54) is 23.5 Å². The van der Waals surface area contributed by atoms with Crippen molar-refractivity contribution in [3.63, 3.8) is 0 Å². The van der Waals surface area contributed by atoms with E-state index in [0.29, 0.717) is 44.6 Å². The second-order valence-electron chi connectivity index (χ2n) is 8.79. The lowest BCUT2D eigenvalue weighted by molar-refractivity contribution is -0.130. The zero-order chi connectivity index (χ0) is 24.1. The van der Waals surface area contributed by atoms with Crippen LogP contribution in [0, 0.1) is 5.92 Å². The van der Waals surface area contributed by atoms with Crippen molar-refractivity contribution in [3.8, 4) is 5.75 Å². The Morgan fingerprint density at radius 2 is 1.82 bits per heavy atom. The first-order valence-corrected chi connectivity index (χ1v) is 13.1. The highest BCUT2D eigenvalue weighted by Crippen LogP contribution is 2.26. The average molecular weight is 486 g/mol. The smallest absolute Gasteiger partial charge is 0.243 e. The van der Waals surface area contributed by atoms with Gasteiger partial charge in [-0.1, -0.05) is 30.3 Å². The third kappa shape index (κ3) is 5.42. The number of carbonyl (C=O) groups is 2. The maximum absolute atomic E-state index is 13.3. The maximum Gasteiger partial charge on any atom is 0.243 e. The Morgan fingerprint density at radius 1 is 1.09 bits per heavy atom. The van der Waals surface area contributed by atoms with E-state index in [9.17, 15) is 18.0 Å². The van der Waals surface area contributed by atoms with Crippen molar-refractivity contribution in [2.24, 2.45) is 5.92 Å². The number of sulfonamides is 1. The Morgan fingerprint density at radius 3 is 2.47 bits per heavy atom. The molecule has 2 saturated heterocycles. The highest BCUT2D eigenvalue weighted by Gasteiger charge is 2.34. The molecule has 0 radical (unpaired) electrons. The summed E-state index contributed by atoms with van der Waals surface area (Å²) < 4.78 is 32.9. The number of rotatable bonds is 8. The lowest BCUT2D eigenvalue weighted by Crippen LogP contribution is -2.47. The third-order valence-corrected chi connectivity index (χ3v) is 8.42. The van der Waals surface area contributed by atoms with Crippen LogP contribution in [0.2, 0.25) is 0 Å². The second kappa shape index (κ2) is 10.6. The normalized spacial score (nSPS) is 20.2. The third-order valence-electron chi connectivity index (χ3n) is 6.54. The van der Waals surface area contributed by atoms with Gasteiger partial charge in [-0.3, -0.25) is 9.59 Å². The van der Waals surface area contributed by atoms with Gasteiger partial charge in [-0.05, 0) is 49.1 Å². The van der Waals surface area contributed by atoms with Gasteiger partial charge in [0.2, 0.25) is 21.8 Å². The minimum absolute atomic E-state index is 0.101. The number of benzene rings is 2. The largest absolute Gasteiger partial charge is 0.497 e. The van der Waals surface area contributed by atoms with Gasteiger partial charge < -0.3 is 15.0 Å². The molecule has 0 saturated carbocycles. The van der Waals surface area contributed by atoms with Gasteiger partial charge in [-0.25, -0.2) is 8.42 Å². The summed E-state index contributed by atoms with van der Waals surface area (Å²) in [5.41, 5.74) is 0.925. The molecule has 2 aliphatic heterocycles. The van der Waals surface area contributed by atoms with Crippen molar-refractivity contribution < 1.29 is 22.7 Å². The summed E-state index contributed by atoms with van der Waals surface area (Å²) in [4.78, 5) is 27.4. The molecule has 8 nitrogen and oxygen atoms in total. The van der Waals surface area contributed by atoms with Crippen LogP contribution in [0.4, 0.5) is 0 Å². The highest BCUT2D eigenvalue weighted by molar-refractivity contribution is 7.89. The summed E-state index contributed by atoms with van der Waals surface area (Å²) in [6, 6.07) is 15.5. The van der Waals surface area contributed by atoms with Gasteiger partial charge in [-0.2, -0.15) is 4.31 Å². The summed E-state index contributed by atoms with van der Waals surface area (Å²) in [5.74, 6) is 0.0419. The molecule has 0 spiro atoms. The van der Waals surface area contributed by atoms with Crippen LogP contribution >= 0.6 is 0 Å². The van der Waals surface area contributed by atoms with E-state index in [-0.39, 0.29) is 29.3 Å². The second-order valence-corrected chi connectivity index (χ2v) is 10.7. The van der Waals surface area contributed by atoms with Crippen LogP contribution in [0.15, 0.2) is 59.5 Å².